The summed E-state index contributed by atoms with van der Waals surface area (Å²) in [7, 11) is 0. The van der Waals surface area contributed by atoms with E-state index in [1.54, 1.807) is 0 Å². The molecule has 0 aliphatic carbocycles. The zero-order valence-corrected chi connectivity index (χ0v) is 13.4. The Hall–Kier alpha value is -1.28. The summed E-state index contributed by atoms with van der Waals surface area (Å²) in [4.78, 5) is 0. The average Bonchev–Trinajstić information content (AvgIpc) is 2.74. The molecule has 0 fully saturated rings. The second-order valence-electron chi connectivity index (χ2n) is 6.65. The second-order valence-corrected chi connectivity index (χ2v) is 6.65. The third-order valence-corrected chi connectivity index (χ3v) is 3.67. The highest BCUT2D eigenvalue weighted by molar-refractivity contribution is 5.84. The van der Waals surface area contributed by atoms with E-state index >= 15 is 0 Å². The van der Waals surface area contributed by atoms with Gasteiger partial charge in [-0.15, -0.1) is 0 Å². The highest BCUT2D eigenvalue weighted by Gasteiger charge is 2.10. The Morgan fingerprint density at radius 2 is 1.90 bits per heavy atom. The normalized spacial score (nSPS) is 12.2. The molecule has 0 atom stereocenters. The molecular weight excluding hydrogens is 244 g/mol. The minimum Gasteiger partial charge on any atom is -0.347 e. The zero-order chi connectivity index (χ0) is 14.6. The van der Waals surface area contributed by atoms with Gasteiger partial charge in [-0.25, -0.2) is 0 Å². The van der Waals surface area contributed by atoms with Crippen molar-refractivity contribution >= 4 is 10.9 Å². The summed E-state index contributed by atoms with van der Waals surface area (Å²) >= 11 is 0. The van der Waals surface area contributed by atoms with Crippen LogP contribution in [0.15, 0.2) is 30.5 Å². The number of nitrogens with zero attached hydrogens (tertiary/aromatic N) is 1. The van der Waals surface area contributed by atoms with Gasteiger partial charge in [0.2, 0.25) is 0 Å². The lowest BCUT2D eigenvalue weighted by Gasteiger charge is -2.20. The van der Waals surface area contributed by atoms with Crippen LogP contribution in [-0.4, -0.2) is 16.7 Å². The van der Waals surface area contributed by atoms with Gasteiger partial charge in [-0.3, -0.25) is 0 Å². The van der Waals surface area contributed by atoms with E-state index in [0.29, 0.717) is 0 Å². The van der Waals surface area contributed by atoms with E-state index in [0.717, 1.165) is 19.5 Å². The molecule has 1 aromatic heterocycles. The van der Waals surface area contributed by atoms with Gasteiger partial charge in [0.05, 0.1) is 0 Å². The molecule has 0 saturated heterocycles. The number of unbranched alkanes of at least 4 members (excludes halogenated alkanes) is 1. The lowest BCUT2D eigenvalue weighted by Crippen LogP contribution is -2.37. The highest BCUT2D eigenvalue weighted by Crippen LogP contribution is 2.22. The summed E-state index contributed by atoms with van der Waals surface area (Å²) in [6.07, 6.45) is 5.94. The Morgan fingerprint density at radius 3 is 2.60 bits per heavy atom. The standard InChI is InChI=1S/C18H28N2/c1-5-6-13-20-14-15(11-12-19-18(2,3)4)16-9-7-8-10-17(16)20/h7-10,14,19H,5-6,11-13H2,1-4H3. The Kier molecular flexibility index (Phi) is 4.87. The number of hydrogen-bond donors (Lipinski definition) is 1. The molecule has 0 unspecified atom stereocenters. The van der Waals surface area contributed by atoms with Crippen molar-refractivity contribution in [3.8, 4) is 0 Å². The molecule has 0 saturated carbocycles. The summed E-state index contributed by atoms with van der Waals surface area (Å²) in [5.74, 6) is 0. The third-order valence-electron chi connectivity index (χ3n) is 3.67. The molecule has 2 heteroatoms. The Balaban J connectivity index is 2.16. The molecule has 0 aliphatic heterocycles. The summed E-state index contributed by atoms with van der Waals surface area (Å²) in [5, 5.41) is 4.99. The smallest absolute Gasteiger partial charge is 0.0483 e. The molecule has 1 aromatic carbocycles. The molecule has 0 radical (unpaired) electrons. The van der Waals surface area contributed by atoms with Crippen LogP contribution in [0.2, 0.25) is 0 Å². The van der Waals surface area contributed by atoms with Gasteiger partial charge >= 0.3 is 0 Å². The monoisotopic (exact) mass is 272 g/mol. The molecule has 0 spiro atoms. The first-order valence-corrected chi connectivity index (χ1v) is 7.83. The van der Waals surface area contributed by atoms with E-state index in [2.05, 4.69) is 68.0 Å². The minimum atomic E-state index is 0.195. The van der Waals surface area contributed by atoms with E-state index < -0.39 is 0 Å². The number of nitrogens with one attached hydrogen (secondary N) is 1. The summed E-state index contributed by atoms with van der Waals surface area (Å²) in [5.41, 5.74) is 3.04. The highest BCUT2D eigenvalue weighted by atomic mass is 15.0. The van der Waals surface area contributed by atoms with Gasteiger partial charge in [-0.1, -0.05) is 31.5 Å². The number of rotatable bonds is 6. The van der Waals surface area contributed by atoms with Gasteiger partial charge < -0.3 is 9.88 Å². The van der Waals surface area contributed by atoms with Crippen molar-refractivity contribution in [2.75, 3.05) is 6.54 Å². The van der Waals surface area contributed by atoms with Crippen molar-refractivity contribution in [3.05, 3.63) is 36.0 Å². The maximum Gasteiger partial charge on any atom is 0.0483 e. The first-order chi connectivity index (χ1) is 9.51. The molecule has 2 aromatic rings. The molecule has 2 rings (SSSR count). The van der Waals surface area contributed by atoms with Crippen LogP contribution in [0.25, 0.3) is 10.9 Å². The maximum absolute atomic E-state index is 3.58. The van der Waals surface area contributed by atoms with Crippen LogP contribution in [0.4, 0.5) is 0 Å². The van der Waals surface area contributed by atoms with Crippen LogP contribution in [0.3, 0.4) is 0 Å². The Bertz CT molecular complexity index is 546. The van der Waals surface area contributed by atoms with Crippen molar-refractivity contribution < 1.29 is 0 Å². The molecule has 1 heterocycles. The molecule has 110 valence electrons. The predicted molar refractivity (Wildman–Crippen MR) is 88.3 cm³/mol. The lowest BCUT2D eigenvalue weighted by atomic mass is 10.1. The summed E-state index contributed by atoms with van der Waals surface area (Å²) in [6.45, 7) is 11.1. The van der Waals surface area contributed by atoms with Crippen molar-refractivity contribution in [3.63, 3.8) is 0 Å². The van der Waals surface area contributed by atoms with Crippen molar-refractivity contribution in [2.24, 2.45) is 0 Å². The van der Waals surface area contributed by atoms with E-state index in [1.807, 2.05) is 0 Å². The first-order valence-electron chi connectivity index (χ1n) is 7.83. The first kappa shape index (κ1) is 15.1. The van der Waals surface area contributed by atoms with Gasteiger partial charge in [0.1, 0.15) is 0 Å². The SMILES string of the molecule is CCCCn1cc(CCNC(C)(C)C)c2ccccc21. The van der Waals surface area contributed by atoms with Crippen LogP contribution in [-0.2, 0) is 13.0 Å². The fraction of sp³-hybridized carbons (Fsp3) is 0.556. The largest absolute Gasteiger partial charge is 0.347 e. The van der Waals surface area contributed by atoms with E-state index in [1.165, 1.54) is 29.3 Å². The molecule has 0 bridgehead atoms. The van der Waals surface area contributed by atoms with E-state index in [-0.39, 0.29) is 5.54 Å². The summed E-state index contributed by atoms with van der Waals surface area (Å²) in [6, 6.07) is 8.78. The van der Waals surface area contributed by atoms with Gasteiger partial charge in [-0.2, -0.15) is 0 Å². The number of para-hydroxylation sites is 1. The lowest BCUT2D eigenvalue weighted by molar-refractivity contribution is 0.429. The van der Waals surface area contributed by atoms with Crippen molar-refractivity contribution in [2.45, 2.75) is 59.0 Å². The van der Waals surface area contributed by atoms with Gasteiger partial charge in [-0.05, 0) is 51.8 Å². The molecule has 0 amide bonds. The molecule has 20 heavy (non-hydrogen) atoms. The van der Waals surface area contributed by atoms with Gasteiger partial charge in [0.15, 0.2) is 0 Å². The summed E-state index contributed by atoms with van der Waals surface area (Å²) < 4.78 is 2.42. The Labute approximate surface area is 123 Å². The van der Waals surface area contributed by atoms with Gasteiger partial charge in [0, 0.05) is 29.2 Å². The Morgan fingerprint density at radius 1 is 1.15 bits per heavy atom. The van der Waals surface area contributed by atoms with Crippen LogP contribution < -0.4 is 5.32 Å². The van der Waals surface area contributed by atoms with Crippen LogP contribution in [0, 0.1) is 0 Å². The third kappa shape index (κ3) is 3.86. The molecule has 1 N–H and O–H groups in total. The topological polar surface area (TPSA) is 17.0 Å². The van der Waals surface area contributed by atoms with Crippen molar-refractivity contribution in [1.82, 2.24) is 9.88 Å². The predicted octanol–water partition coefficient (Wildman–Crippen LogP) is 4.37. The van der Waals surface area contributed by atoms with Gasteiger partial charge in [0.25, 0.3) is 0 Å². The second kappa shape index (κ2) is 6.45. The van der Waals surface area contributed by atoms with Crippen LogP contribution in [0.1, 0.15) is 46.1 Å². The average molecular weight is 272 g/mol. The quantitative estimate of drug-likeness (QED) is 0.826. The number of aryl methyl sites for hydroxylation is 1. The molecule has 0 aliphatic rings. The van der Waals surface area contributed by atoms with Crippen molar-refractivity contribution in [1.29, 1.82) is 0 Å². The fourth-order valence-corrected chi connectivity index (χ4v) is 2.61. The van der Waals surface area contributed by atoms with Crippen LogP contribution in [0.5, 0.6) is 0 Å². The number of aromatic nitrogens is 1. The number of benzene rings is 1. The fourth-order valence-electron chi connectivity index (χ4n) is 2.61. The number of hydrogen-bond acceptors (Lipinski definition) is 1. The molecule has 2 nitrogen and oxygen atoms in total. The van der Waals surface area contributed by atoms with Crippen LogP contribution >= 0.6 is 0 Å². The zero-order valence-electron chi connectivity index (χ0n) is 13.4. The van der Waals surface area contributed by atoms with E-state index in [9.17, 15) is 0 Å². The van der Waals surface area contributed by atoms with E-state index in [4.69, 9.17) is 0 Å². The number of fused-ring (bicyclic) bond motifs is 1. The molecular formula is C18H28N2. The maximum atomic E-state index is 3.58. The minimum absolute atomic E-state index is 0.195.